The van der Waals surface area contributed by atoms with Crippen molar-refractivity contribution in [2.75, 3.05) is 10.6 Å². The van der Waals surface area contributed by atoms with Crippen LogP contribution in [0, 0.1) is 11.6 Å². The van der Waals surface area contributed by atoms with E-state index in [1.54, 1.807) is 6.20 Å². The van der Waals surface area contributed by atoms with E-state index < -0.39 is 11.6 Å². The van der Waals surface area contributed by atoms with Crippen LogP contribution in [0.4, 0.5) is 26.4 Å². The van der Waals surface area contributed by atoms with Gasteiger partial charge in [-0.1, -0.05) is 7.43 Å². The molecule has 0 bridgehead atoms. The molecule has 0 radical (unpaired) electrons. The van der Waals surface area contributed by atoms with E-state index >= 15 is 0 Å². The third kappa shape index (κ3) is 4.32. The minimum atomic E-state index is -0.689. The fourth-order valence-electron chi connectivity index (χ4n) is 4.16. The molecule has 0 saturated heterocycles. The van der Waals surface area contributed by atoms with E-state index in [9.17, 15) is 13.9 Å². The minimum Gasteiger partial charge on any atom is -0.393 e. The van der Waals surface area contributed by atoms with Crippen LogP contribution in [0.5, 0.6) is 0 Å². The molecule has 0 atom stereocenters. The van der Waals surface area contributed by atoms with Crippen molar-refractivity contribution in [3.8, 4) is 0 Å². The number of imidazole rings is 1. The number of hydrogen-bond donors (Lipinski definition) is 3. The summed E-state index contributed by atoms with van der Waals surface area (Å²) in [4.78, 5) is 13.7. The third-order valence-corrected chi connectivity index (χ3v) is 6.08. The van der Waals surface area contributed by atoms with Crippen molar-refractivity contribution in [1.29, 1.82) is 0 Å². The number of fused-ring (bicyclic) bond motifs is 1. The Kier molecular flexibility index (Phi) is 6.04. The van der Waals surface area contributed by atoms with Crippen LogP contribution in [0.15, 0.2) is 24.4 Å². The Morgan fingerprint density at radius 2 is 1.81 bits per heavy atom. The second kappa shape index (κ2) is 8.74. The maximum Gasteiger partial charge on any atom is 0.224 e. The van der Waals surface area contributed by atoms with Crippen LogP contribution < -0.4 is 10.6 Å². The lowest BCUT2D eigenvalue weighted by Crippen LogP contribution is -2.28. The Labute approximate surface area is 179 Å². The summed E-state index contributed by atoms with van der Waals surface area (Å²) >= 11 is 0. The Bertz CT molecular complexity index is 1060. The van der Waals surface area contributed by atoms with Gasteiger partial charge in [-0.15, -0.1) is 0 Å². The quantitative estimate of drug-likeness (QED) is 0.532. The van der Waals surface area contributed by atoms with Gasteiger partial charge in [0.1, 0.15) is 17.2 Å². The Hall–Kier alpha value is -2.81. The van der Waals surface area contributed by atoms with E-state index in [1.807, 2.05) is 4.57 Å². The second-order valence-corrected chi connectivity index (χ2v) is 8.19. The first-order valence-corrected chi connectivity index (χ1v) is 10.5. The smallest absolute Gasteiger partial charge is 0.224 e. The van der Waals surface area contributed by atoms with Crippen molar-refractivity contribution < 1.29 is 13.9 Å². The van der Waals surface area contributed by atoms with E-state index in [1.165, 1.54) is 18.6 Å². The second-order valence-electron chi connectivity index (χ2n) is 8.19. The number of rotatable bonds is 5. The van der Waals surface area contributed by atoms with Gasteiger partial charge in [-0.3, -0.25) is 4.57 Å². The summed E-state index contributed by atoms with van der Waals surface area (Å²) in [5, 5.41) is 16.3. The fraction of sp³-hybridized carbons (Fsp3) is 0.500. The molecule has 1 aromatic carbocycles. The van der Waals surface area contributed by atoms with E-state index in [0.29, 0.717) is 41.9 Å². The Morgan fingerprint density at radius 3 is 2.48 bits per heavy atom. The van der Waals surface area contributed by atoms with Gasteiger partial charge in [0.15, 0.2) is 5.65 Å². The van der Waals surface area contributed by atoms with Crippen LogP contribution >= 0.6 is 0 Å². The highest BCUT2D eigenvalue weighted by Crippen LogP contribution is 2.35. The summed E-state index contributed by atoms with van der Waals surface area (Å²) < 4.78 is 29.5. The van der Waals surface area contributed by atoms with Crippen LogP contribution in [-0.2, 0) is 0 Å². The van der Waals surface area contributed by atoms with Crippen molar-refractivity contribution in [2.45, 2.75) is 70.6 Å². The normalized spacial score (nSPS) is 21.4. The molecular weight excluding hydrogens is 402 g/mol. The first-order chi connectivity index (χ1) is 14.6. The van der Waals surface area contributed by atoms with Crippen molar-refractivity contribution in [2.24, 2.45) is 0 Å². The lowest BCUT2D eigenvalue weighted by Gasteiger charge is -2.28. The number of aliphatic hydroxyl groups is 1. The molecule has 2 aromatic heterocycles. The standard InChI is InChI=1S/C21H24F2N6O.CH4/c22-12-4-9-17(16(23)10-12)26-21-27-18-11-24-20(25-13-2-1-3-13)28-19(18)29(21)14-5-7-15(30)8-6-14;/h4,9-11,13-15,30H,1-3,5-8H2,(H,26,27)(H,24,25,28);1H4. The number of aromatic nitrogens is 4. The van der Waals surface area contributed by atoms with Crippen molar-refractivity contribution in [3.63, 3.8) is 0 Å². The van der Waals surface area contributed by atoms with E-state index in [4.69, 9.17) is 4.98 Å². The van der Waals surface area contributed by atoms with Gasteiger partial charge < -0.3 is 15.7 Å². The molecule has 3 N–H and O–H groups in total. The molecule has 3 aromatic rings. The zero-order valence-corrected chi connectivity index (χ0v) is 16.5. The fourth-order valence-corrected chi connectivity index (χ4v) is 4.16. The topological polar surface area (TPSA) is 87.9 Å². The van der Waals surface area contributed by atoms with Gasteiger partial charge in [-0.05, 0) is 57.1 Å². The van der Waals surface area contributed by atoms with Crippen LogP contribution in [-0.4, -0.2) is 36.8 Å². The van der Waals surface area contributed by atoms with Gasteiger partial charge in [-0.25, -0.2) is 18.7 Å². The molecule has 166 valence electrons. The Balaban J connectivity index is 0.00000231. The molecule has 0 unspecified atom stereocenters. The molecule has 2 fully saturated rings. The number of nitrogens with one attached hydrogen (secondary N) is 2. The van der Waals surface area contributed by atoms with Gasteiger partial charge in [0.05, 0.1) is 18.0 Å². The number of anilines is 3. The Morgan fingerprint density at radius 1 is 1.03 bits per heavy atom. The number of aliphatic hydroxyl groups excluding tert-OH is 1. The molecule has 0 spiro atoms. The maximum absolute atomic E-state index is 14.3. The number of hydrogen-bond acceptors (Lipinski definition) is 6. The molecule has 2 heterocycles. The van der Waals surface area contributed by atoms with Gasteiger partial charge in [0, 0.05) is 18.2 Å². The number of nitrogens with zero attached hydrogens (tertiary/aromatic N) is 4. The summed E-state index contributed by atoms with van der Waals surface area (Å²) in [6.45, 7) is 0. The molecule has 2 saturated carbocycles. The summed E-state index contributed by atoms with van der Waals surface area (Å²) in [5.41, 5.74) is 1.41. The zero-order valence-electron chi connectivity index (χ0n) is 16.5. The molecular formula is C22H28F2N6O. The molecule has 7 nitrogen and oxygen atoms in total. The third-order valence-electron chi connectivity index (χ3n) is 6.08. The molecule has 0 aliphatic heterocycles. The molecule has 2 aliphatic carbocycles. The highest BCUT2D eigenvalue weighted by atomic mass is 19.1. The summed E-state index contributed by atoms with van der Waals surface area (Å²) in [6, 6.07) is 3.86. The van der Waals surface area contributed by atoms with Crippen molar-refractivity contribution in [3.05, 3.63) is 36.0 Å². The molecule has 5 rings (SSSR count). The summed E-state index contributed by atoms with van der Waals surface area (Å²) in [6.07, 6.45) is 7.71. The summed E-state index contributed by atoms with van der Waals surface area (Å²) in [7, 11) is 0. The first-order valence-electron chi connectivity index (χ1n) is 10.5. The number of halogens is 2. The lowest BCUT2D eigenvalue weighted by molar-refractivity contribution is 0.112. The van der Waals surface area contributed by atoms with Crippen LogP contribution in [0.25, 0.3) is 11.2 Å². The SMILES string of the molecule is C.OC1CCC(n2c(Nc3ccc(F)cc3F)nc3cnc(NC4CCC4)nc32)CC1. The summed E-state index contributed by atoms with van der Waals surface area (Å²) in [5.74, 6) is -0.327. The van der Waals surface area contributed by atoms with Gasteiger partial charge in [-0.2, -0.15) is 4.98 Å². The lowest BCUT2D eigenvalue weighted by atomic mass is 9.93. The molecule has 9 heteroatoms. The molecule has 0 amide bonds. The minimum absolute atomic E-state index is 0. The zero-order chi connectivity index (χ0) is 20.7. The average molecular weight is 431 g/mol. The van der Waals surface area contributed by atoms with Crippen LogP contribution in [0.2, 0.25) is 0 Å². The predicted octanol–water partition coefficient (Wildman–Crippen LogP) is 4.92. The predicted molar refractivity (Wildman–Crippen MR) is 116 cm³/mol. The first kappa shape index (κ1) is 21.4. The highest BCUT2D eigenvalue weighted by Gasteiger charge is 2.27. The maximum atomic E-state index is 14.3. The monoisotopic (exact) mass is 430 g/mol. The van der Waals surface area contributed by atoms with Gasteiger partial charge >= 0.3 is 0 Å². The van der Waals surface area contributed by atoms with E-state index in [0.717, 1.165) is 31.7 Å². The van der Waals surface area contributed by atoms with E-state index in [2.05, 4.69) is 20.6 Å². The van der Waals surface area contributed by atoms with Crippen LogP contribution in [0.3, 0.4) is 0 Å². The largest absolute Gasteiger partial charge is 0.393 e. The molecule has 31 heavy (non-hydrogen) atoms. The highest BCUT2D eigenvalue weighted by molar-refractivity contribution is 5.76. The van der Waals surface area contributed by atoms with Crippen LogP contribution in [0.1, 0.15) is 58.4 Å². The van der Waals surface area contributed by atoms with Gasteiger partial charge in [0.2, 0.25) is 11.9 Å². The van der Waals surface area contributed by atoms with Crippen molar-refractivity contribution in [1.82, 2.24) is 19.5 Å². The van der Waals surface area contributed by atoms with Crippen molar-refractivity contribution >= 4 is 28.7 Å². The number of benzene rings is 1. The van der Waals surface area contributed by atoms with Gasteiger partial charge in [0.25, 0.3) is 0 Å². The van der Waals surface area contributed by atoms with E-state index in [-0.39, 0.29) is 25.3 Å². The molecule has 2 aliphatic rings. The average Bonchev–Trinajstić information content (AvgIpc) is 3.05.